The van der Waals surface area contributed by atoms with Gasteiger partial charge >= 0.3 is 12.1 Å². The second-order valence-corrected chi connectivity index (χ2v) is 9.46. The van der Waals surface area contributed by atoms with Gasteiger partial charge in [-0.2, -0.15) is 0 Å². The number of carboxylic acid groups (broad SMARTS) is 1. The highest BCUT2D eigenvalue weighted by atomic mass is 32.2. The van der Waals surface area contributed by atoms with Crippen molar-refractivity contribution < 1.29 is 24.2 Å². The van der Waals surface area contributed by atoms with Crippen LogP contribution in [-0.4, -0.2) is 52.5 Å². The molecule has 0 bridgehead atoms. The SMILES string of the molecule is O=C(O)c1ccc(OCC2CCN(C(=O)Oc3ccc(CCSc4ccccn4)cc3)CC2)cc1. The van der Waals surface area contributed by atoms with Crippen LogP contribution in [0.3, 0.4) is 0 Å². The summed E-state index contributed by atoms with van der Waals surface area (Å²) in [5, 5.41) is 9.98. The van der Waals surface area contributed by atoms with Crippen LogP contribution in [0, 0.1) is 5.92 Å². The van der Waals surface area contributed by atoms with Gasteiger partial charge in [-0.15, -0.1) is 11.8 Å². The number of hydrogen-bond acceptors (Lipinski definition) is 6. The molecule has 1 saturated heterocycles. The van der Waals surface area contributed by atoms with Crippen molar-refractivity contribution in [3.8, 4) is 11.5 Å². The van der Waals surface area contributed by atoms with Gasteiger partial charge in [0.05, 0.1) is 17.2 Å². The van der Waals surface area contributed by atoms with Crippen LogP contribution >= 0.6 is 11.8 Å². The lowest BCUT2D eigenvalue weighted by molar-refractivity contribution is 0.0696. The minimum atomic E-state index is -0.956. The Kier molecular flexibility index (Phi) is 8.62. The molecule has 4 rings (SSSR count). The number of piperidine rings is 1. The summed E-state index contributed by atoms with van der Waals surface area (Å²) in [6.07, 6.45) is 4.04. The number of carboxylic acids is 1. The second-order valence-electron chi connectivity index (χ2n) is 8.35. The van der Waals surface area contributed by atoms with Crippen LogP contribution in [-0.2, 0) is 6.42 Å². The van der Waals surface area contributed by atoms with Gasteiger partial charge in [0.15, 0.2) is 0 Å². The van der Waals surface area contributed by atoms with Crippen LogP contribution < -0.4 is 9.47 Å². The van der Waals surface area contributed by atoms with E-state index in [9.17, 15) is 9.59 Å². The highest BCUT2D eigenvalue weighted by Crippen LogP contribution is 2.22. The summed E-state index contributed by atoms with van der Waals surface area (Å²) in [7, 11) is 0. The maximum Gasteiger partial charge on any atom is 0.415 e. The summed E-state index contributed by atoms with van der Waals surface area (Å²) in [4.78, 5) is 29.5. The number of aromatic nitrogens is 1. The van der Waals surface area contributed by atoms with Gasteiger partial charge in [0, 0.05) is 25.0 Å². The number of pyridine rings is 1. The Morgan fingerprint density at radius 3 is 2.34 bits per heavy atom. The van der Waals surface area contributed by atoms with Gasteiger partial charge in [-0.3, -0.25) is 0 Å². The number of aromatic carboxylic acids is 1. The summed E-state index contributed by atoms with van der Waals surface area (Å²) in [6.45, 7) is 1.77. The molecule has 1 aliphatic rings. The molecule has 35 heavy (non-hydrogen) atoms. The smallest absolute Gasteiger partial charge is 0.415 e. The first-order valence-electron chi connectivity index (χ1n) is 11.6. The van der Waals surface area contributed by atoms with E-state index in [0.717, 1.165) is 30.0 Å². The fourth-order valence-corrected chi connectivity index (χ4v) is 4.64. The summed E-state index contributed by atoms with van der Waals surface area (Å²) < 4.78 is 11.4. The molecule has 2 aromatic carbocycles. The Labute approximate surface area is 209 Å². The second kappa shape index (κ2) is 12.3. The quantitative estimate of drug-likeness (QED) is 0.400. The number of ether oxygens (including phenoxy) is 2. The number of carbonyl (C=O) groups is 2. The monoisotopic (exact) mass is 492 g/mol. The zero-order valence-corrected chi connectivity index (χ0v) is 20.2. The summed E-state index contributed by atoms with van der Waals surface area (Å²) in [6, 6.07) is 20.0. The van der Waals surface area contributed by atoms with Crippen molar-refractivity contribution in [2.24, 2.45) is 5.92 Å². The van der Waals surface area contributed by atoms with Crippen LogP contribution in [0.15, 0.2) is 78.0 Å². The number of likely N-dealkylation sites (tertiary alicyclic amines) is 1. The third kappa shape index (κ3) is 7.48. The minimum absolute atomic E-state index is 0.235. The number of amides is 1. The van der Waals surface area contributed by atoms with Crippen LogP contribution in [0.1, 0.15) is 28.8 Å². The lowest BCUT2D eigenvalue weighted by atomic mass is 9.98. The number of rotatable bonds is 9. The van der Waals surface area contributed by atoms with E-state index in [-0.39, 0.29) is 11.7 Å². The topological polar surface area (TPSA) is 89.0 Å². The summed E-state index contributed by atoms with van der Waals surface area (Å²) in [5.41, 5.74) is 1.42. The third-order valence-corrected chi connectivity index (χ3v) is 6.81. The van der Waals surface area contributed by atoms with Crippen LogP contribution in [0.4, 0.5) is 4.79 Å². The number of thioether (sulfide) groups is 1. The first-order chi connectivity index (χ1) is 17.1. The van der Waals surface area contributed by atoms with E-state index in [2.05, 4.69) is 4.98 Å². The number of nitrogens with zero attached hydrogens (tertiary/aromatic N) is 2. The summed E-state index contributed by atoms with van der Waals surface area (Å²) in [5.74, 6) is 1.51. The van der Waals surface area contributed by atoms with E-state index in [1.165, 1.54) is 17.7 Å². The zero-order chi connectivity index (χ0) is 24.5. The molecule has 0 saturated carbocycles. The van der Waals surface area contributed by atoms with Gasteiger partial charge in [0.25, 0.3) is 0 Å². The lowest BCUT2D eigenvalue weighted by Gasteiger charge is -2.31. The maximum absolute atomic E-state index is 12.6. The fourth-order valence-electron chi connectivity index (χ4n) is 3.79. The van der Waals surface area contributed by atoms with Gasteiger partial charge in [0.2, 0.25) is 0 Å². The normalized spacial score (nSPS) is 13.9. The molecule has 3 aromatic rings. The molecule has 182 valence electrons. The van der Waals surface area contributed by atoms with Gasteiger partial charge in [-0.1, -0.05) is 18.2 Å². The molecule has 0 spiro atoms. The van der Waals surface area contributed by atoms with Crippen molar-refractivity contribution in [3.05, 3.63) is 84.1 Å². The van der Waals surface area contributed by atoms with Crippen molar-refractivity contribution in [3.63, 3.8) is 0 Å². The van der Waals surface area contributed by atoms with Crippen molar-refractivity contribution in [2.45, 2.75) is 24.3 Å². The number of aryl methyl sites for hydroxylation is 1. The highest BCUT2D eigenvalue weighted by Gasteiger charge is 2.24. The number of hydrogen-bond donors (Lipinski definition) is 1. The third-order valence-electron chi connectivity index (χ3n) is 5.87. The predicted octanol–water partition coefficient (Wildman–Crippen LogP) is 5.40. The Bertz CT molecular complexity index is 1100. The molecule has 7 nitrogen and oxygen atoms in total. The Morgan fingerprint density at radius 1 is 0.971 bits per heavy atom. The van der Waals surface area contributed by atoms with E-state index in [1.807, 2.05) is 42.5 Å². The van der Waals surface area contributed by atoms with Crippen molar-refractivity contribution >= 4 is 23.8 Å². The Balaban J connectivity index is 1.15. The molecule has 0 unspecified atom stereocenters. The Morgan fingerprint density at radius 2 is 1.69 bits per heavy atom. The summed E-state index contributed by atoms with van der Waals surface area (Å²) >= 11 is 1.72. The Hall–Kier alpha value is -3.52. The van der Waals surface area contributed by atoms with Gasteiger partial charge in [-0.05, 0) is 79.3 Å². The molecule has 2 heterocycles. The largest absolute Gasteiger partial charge is 0.493 e. The molecule has 0 aliphatic carbocycles. The minimum Gasteiger partial charge on any atom is -0.493 e. The molecule has 1 aliphatic heterocycles. The lowest BCUT2D eigenvalue weighted by Crippen LogP contribution is -2.41. The van der Waals surface area contributed by atoms with E-state index in [0.29, 0.717) is 37.1 Å². The molecule has 8 heteroatoms. The zero-order valence-electron chi connectivity index (χ0n) is 19.3. The first-order valence-corrected chi connectivity index (χ1v) is 12.6. The molecule has 0 radical (unpaired) electrons. The number of benzene rings is 2. The molecule has 1 fully saturated rings. The van der Waals surface area contributed by atoms with Crippen molar-refractivity contribution in [1.29, 1.82) is 0 Å². The van der Waals surface area contributed by atoms with E-state index >= 15 is 0 Å². The molecule has 1 amide bonds. The van der Waals surface area contributed by atoms with Crippen molar-refractivity contribution in [1.82, 2.24) is 9.88 Å². The van der Waals surface area contributed by atoms with Crippen molar-refractivity contribution in [2.75, 3.05) is 25.4 Å². The van der Waals surface area contributed by atoms with E-state index < -0.39 is 5.97 Å². The van der Waals surface area contributed by atoms with E-state index in [4.69, 9.17) is 14.6 Å². The van der Waals surface area contributed by atoms with Crippen LogP contribution in [0.25, 0.3) is 0 Å². The fraction of sp³-hybridized carbons (Fsp3) is 0.296. The average molecular weight is 493 g/mol. The van der Waals surface area contributed by atoms with Crippen LogP contribution in [0.5, 0.6) is 11.5 Å². The highest BCUT2D eigenvalue weighted by molar-refractivity contribution is 7.99. The molecule has 0 atom stereocenters. The standard InChI is InChI=1S/C27H28N2O5S/c30-26(31)22-6-10-23(11-7-22)33-19-21-12-16-29(17-13-21)27(32)34-24-8-4-20(5-9-24)14-18-35-25-3-1-2-15-28-25/h1-11,15,21H,12-14,16-19H2,(H,30,31). The molecular formula is C27H28N2O5S. The van der Waals surface area contributed by atoms with E-state index in [1.54, 1.807) is 35.0 Å². The molecule has 1 aromatic heterocycles. The average Bonchev–Trinajstić information content (AvgIpc) is 2.89. The van der Waals surface area contributed by atoms with Gasteiger partial charge in [-0.25, -0.2) is 14.6 Å². The first kappa shape index (κ1) is 24.6. The van der Waals surface area contributed by atoms with Gasteiger partial charge < -0.3 is 19.5 Å². The maximum atomic E-state index is 12.6. The van der Waals surface area contributed by atoms with Gasteiger partial charge in [0.1, 0.15) is 11.5 Å². The predicted molar refractivity (Wildman–Crippen MR) is 134 cm³/mol. The van der Waals surface area contributed by atoms with Crippen LogP contribution in [0.2, 0.25) is 0 Å². The number of carbonyl (C=O) groups excluding carboxylic acids is 1. The molecule has 1 N–H and O–H groups in total. The molecular weight excluding hydrogens is 464 g/mol.